The van der Waals surface area contributed by atoms with E-state index >= 15 is 0 Å². The molecular formula is C10H19NO. The Morgan fingerprint density at radius 2 is 2.25 bits per heavy atom. The van der Waals surface area contributed by atoms with Gasteiger partial charge in [0.25, 0.3) is 0 Å². The first-order valence-electron chi connectivity index (χ1n) is 5.15. The van der Waals surface area contributed by atoms with Crippen LogP contribution >= 0.6 is 0 Å². The maximum atomic E-state index is 5.43. The van der Waals surface area contributed by atoms with Gasteiger partial charge in [-0.3, -0.25) is 0 Å². The van der Waals surface area contributed by atoms with Crippen molar-refractivity contribution >= 4 is 0 Å². The Morgan fingerprint density at radius 3 is 2.83 bits per heavy atom. The van der Waals surface area contributed by atoms with Gasteiger partial charge in [-0.25, -0.2) is 0 Å². The Bertz CT molecular complexity index is 144. The molecule has 0 unspecified atom stereocenters. The van der Waals surface area contributed by atoms with Crippen molar-refractivity contribution in [3.8, 4) is 0 Å². The third-order valence-electron chi connectivity index (χ3n) is 3.13. The monoisotopic (exact) mass is 169 g/mol. The summed E-state index contributed by atoms with van der Waals surface area (Å²) < 4.78 is 5.43. The highest BCUT2D eigenvalue weighted by Crippen LogP contribution is 2.37. The molecule has 2 aliphatic rings. The van der Waals surface area contributed by atoms with E-state index in [1.165, 1.54) is 38.9 Å². The van der Waals surface area contributed by atoms with E-state index in [9.17, 15) is 0 Å². The molecule has 12 heavy (non-hydrogen) atoms. The number of hydrogen-bond acceptors (Lipinski definition) is 2. The minimum atomic E-state index is 0.591. The van der Waals surface area contributed by atoms with Crippen LogP contribution < -0.4 is 0 Å². The predicted octanol–water partition coefficient (Wildman–Crippen LogP) is 1.51. The van der Waals surface area contributed by atoms with Gasteiger partial charge < -0.3 is 9.64 Å². The Morgan fingerprint density at radius 1 is 1.42 bits per heavy atom. The van der Waals surface area contributed by atoms with E-state index in [1.54, 1.807) is 0 Å². The summed E-state index contributed by atoms with van der Waals surface area (Å²) in [6, 6.07) is 0. The molecule has 70 valence electrons. The summed E-state index contributed by atoms with van der Waals surface area (Å²) in [4.78, 5) is 2.57. The highest BCUT2D eigenvalue weighted by Gasteiger charge is 2.44. The number of ether oxygens (including phenoxy) is 1. The Hall–Kier alpha value is -0.0800. The van der Waals surface area contributed by atoms with E-state index in [4.69, 9.17) is 4.74 Å². The molecule has 0 aromatic carbocycles. The van der Waals surface area contributed by atoms with Crippen LogP contribution in [0.3, 0.4) is 0 Å². The van der Waals surface area contributed by atoms with E-state index in [0.717, 1.165) is 13.2 Å². The van der Waals surface area contributed by atoms with Gasteiger partial charge in [-0.1, -0.05) is 13.3 Å². The second-order valence-electron chi connectivity index (χ2n) is 4.37. The molecule has 2 saturated heterocycles. The van der Waals surface area contributed by atoms with E-state index in [0.29, 0.717) is 5.41 Å². The van der Waals surface area contributed by atoms with E-state index in [1.807, 2.05) is 0 Å². The number of hydrogen-bond donors (Lipinski definition) is 0. The zero-order valence-electron chi connectivity index (χ0n) is 8.01. The number of rotatable bonds is 3. The van der Waals surface area contributed by atoms with Crippen LogP contribution in [0.4, 0.5) is 0 Å². The molecule has 0 radical (unpaired) electrons. The summed E-state index contributed by atoms with van der Waals surface area (Å²) in [5.41, 5.74) is 0.591. The van der Waals surface area contributed by atoms with Gasteiger partial charge in [0.2, 0.25) is 0 Å². The lowest BCUT2D eigenvalue weighted by Crippen LogP contribution is -2.56. The summed E-state index contributed by atoms with van der Waals surface area (Å²) in [5, 5.41) is 0. The molecular weight excluding hydrogens is 150 g/mol. The molecule has 1 spiro atoms. The van der Waals surface area contributed by atoms with Crippen LogP contribution in [0, 0.1) is 5.41 Å². The molecule has 0 aromatic rings. The first kappa shape index (κ1) is 8.52. The van der Waals surface area contributed by atoms with Gasteiger partial charge in [-0.05, 0) is 19.4 Å². The van der Waals surface area contributed by atoms with Crippen LogP contribution in [0.15, 0.2) is 0 Å². The number of likely N-dealkylation sites (tertiary alicyclic amines) is 1. The van der Waals surface area contributed by atoms with Crippen LogP contribution in [0.2, 0.25) is 0 Å². The van der Waals surface area contributed by atoms with Crippen LogP contribution in [0.1, 0.15) is 26.2 Å². The predicted molar refractivity (Wildman–Crippen MR) is 49.2 cm³/mol. The van der Waals surface area contributed by atoms with Gasteiger partial charge in [0.1, 0.15) is 0 Å². The third-order valence-corrected chi connectivity index (χ3v) is 3.13. The highest BCUT2D eigenvalue weighted by atomic mass is 16.5. The lowest BCUT2D eigenvalue weighted by atomic mass is 9.79. The molecule has 0 aromatic heterocycles. The maximum absolute atomic E-state index is 5.43. The summed E-state index contributed by atoms with van der Waals surface area (Å²) in [7, 11) is 0. The summed E-state index contributed by atoms with van der Waals surface area (Å²) in [6.07, 6.45) is 3.98. The molecule has 0 N–H and O–H groups in total. The molecule has 0 atom stereocenters. The van der Waals surface area contributed by atoms with Crippen molar-refractivity contribution in [1.82, 2.24) is 4.90 Å². The highest BCUT2D eigenvalue weighted by molar-refractivity contribution is 4.96. The largest absolute Gasteiger partial charge is 0.381 e. The fourth-order valence-electron chi connectivity index (χ4n) is 2.34. The molecule has 2 heteroatoms. The normalized spacial score (nSPS) is 27.8. The molecule has 0 saturated carbocycles. The molecule has 0 amide bonds. The van der Waals surface area contributed by atoms with Gasteiger partial charge in [0.15, 0.2) is 0 Å². The van der Waals surface area contributed by atoms with Crippen molar-refractivity contribution in [3.63, 3.8) is 0 Å². The van der Waals surface area contributed by atoms with Gasteiger partial charge in [0.05, 0.1) is 6.61 Å². The van der Waals surface area contributed by atoms with Crippen LogP contribution in [-0.4, -0.2) is 37.7 Å². The maximum Gasteiger partial charge on any atom is 0.0547 e. The number of nitrogens with zero attached hydrogens (tertiary/aromatic N) is 1. The lowest BCUT2D eigenvalue weighted by Gasteiger charge is -2.47. The molecule has 2 heterocycles. The lowest BCUT2D eigenvalue weighted by molar-refractivity contribution is -0.00717. The second-order valence-corrected chi connectivity index (χ2v) is 4.37. The minimum Gasteiger partial charge on any atom is -0.381 e. The SMILES string of the molecule is CCCCN1CC2(CCOC2)C1. The standard InChI is InChI=1S/C10H19NO/c1-2-3-5-11-7-10(8-11)4-6-12-9-10/h2-9H2,1H3. The van der Waals surface area contributed by atoms with Crippen molar-refractivity contribution in [3.05, 3.63) is 0 Å². The van der Waals surface area contributed by atoms with Crippen molar-refractivity contribution in [2.75, 3.05) is 32.8 Å². The van der Waals surface area contributed by atoms with Crippen LogP contribution in [0.5, 0.6) is 0 Å². The Balaban J connectivity index is 1.68. The average molecular weight is 169 g/mol. The third kappa shape index (κ3) is 1.50. The molecule has 2 rings (SSSR count). The molecule has 2 aliphatic heterocycles. The zero-order chi connectivity index (χ0) is 8.44. The molecule has 0 aliphatic carbocycles. The summed E-state index contributed by atoms with van der Waals surface area (Å²) in [5.74, 6) is 0. The van der Waals surface area contributed by atoms with Crippen molar-refractivity contribution in [2.24, 2.45) is 5.41 Å². The van der Waals surface area contributed by atoms with Gasteiger partial charge in [-0.2, -0.15) is 0 Å². The molecule has 2 nitrogen and oxygen atoms in total. The van der Waals surface area contributed by atoms with Crippen molar-refractivity contribution < 1.29 is 4.74 Å². The Labute approximate surface area is 74.9 Å². The molecule has 0 bridgehead atoms. The van der Waals surface area contributed by atoms with Crippen molar-refractivity contribution in [2.45, 2.75) is 26.2 Å². The first-order valence-corrected chi connectivity index (χ1v) is 5.15. The fourth-order valence-corrected chi connectivity index (χ4v) is 2.34. The topological polar surface area (TPSA) is 12.5 Å². The van der Waals surface area contributed by atoms with Gasteiger partial charge in [0, 0.05) is 25.1 Å². The van der Waals surface area contributed by atoms with E-state index in [2.05, 4.69) is 11.8 Å². The Kier molecular flexibility index (Phi) is 2.37. The second kappa shape index (κ2) is 3.35. The van der Waals surface area contributed by atoms with Crippen molar-refractivity contribution in [1.29, 1.82) is 0 Å². The minimum absolute atomic E-state index is 0.591. The van der Waals surface area contributed by atoms with Crippen LogP contribution in [-0.2, 0) is 4.74 Å². The smallest absolute Gasteiger partial charge is 0.0547 e. The average Bonchev–Trinajstić information content (AvgIpc) is 2.46. The molecule has 2 fully saturated rings. The quantitative estimate of drug-likeness (QED) is 0.635. The van der Waals surface area contributed by atoms with Gasteiger partial charge in [-0.15, -0.1) is 0 Å². The van der Waals surface area contributed by atoms with E-state index < -0.39 is 0 Å². The summed E-state index contributed by atoms with van der Waals surface area (Å²) >= 11 is 0. The first-order chi connectivity index (χ1) is 5.85. The fraction of sp³-hybridized carbons (Fsp3) is 1.00. The van der Waals surface area contributed by atoms with Crippen LogP contribution in [0.25, 0.3) is 0 Å². The van der Waals surface area contributed by atoms with Gasteiger partial charge >= 0.3 is 0 Å². The van der Waals surface area contributed by atoms with E-state index in [-0.39, 0.29) is 0 Å². The zero-order valence-corrected chi connectivity index (χ0v) is 8.01. The summed E-state index contributed by atoms with van der Waals surface area (Å²) in [6.45, 7) is 8.18. The number of unbranched alkanes of at least 4 members (excludes halogenated alkanes) is 1.